The van der Waals surface area contributed by atoms with Crippen molar-refractivity contribution >= 4 is 38.6 Å². The van der Waals surface area contributed by atoms with Crippen LogP contribution in [0.15, 0.2) is 98.1 Å². The number of azo groups is 2. The maximum Gasteiger partial charge on any atom is 1.00 e. The van der Waals surface area contributed by atoms with Gasteiger partial charge in [-0.25, -0.2) is 8.42 Å². The molecule has 0 radical (unpaired) electrons. The Hall–Kier alpha value is -3.45. The van der Waals surface area contributed by atoms with E-state index in [1.165, 1.54) is 18.2 Å². The van der Waals surface area contributed by atoms with Crippen LogP contribution < -0.4 is 34.5 Å². The zero-order chi connectivity index (χ0) is 25.1. The van der Waals surface area contributed by atoms with Gasteiger partial charge in [0.1, 0.15) is 10.1 Å². The van der Waals surface area contributed by atoms with Crippen LogP contribution in [-0.2, 0) is 10.1 Å². The average molecular weight is 510 g/mol. The van der Waals surface area contributed by atoms with Gasteiger partial charge in [-0.1, -0.05) is 6.07 Å². The molecule has 10 nitrogen and oxygen atoms in total. The van der Waals surface area contributed by atoms with Gasteiger partial charge in [0, 0.05) is 18.8 Å². The van der Waals surface area contributed by atoms with Crippen LogP contribution in [0, 0.1) is 22.7 Å². The molecule has 0 aliphatic heterocycles. The molecule has 0 unspecified atom stereocenters. The van der Waals surface area contributed by atoms with Crippen LogP contribution in [0.4, 0.5) is 28.4 Å². The molecule has 0 aliphatic carbocycles. The van der Waals surface area contributed by atoms with Crippen LogP contribution in [-0.4, -0.2) is 26.1 Å². The smallest absolute Gasteiger partial charge is 0.744 e. The van der Waals surface area contributed by atoms with Gasteiger partial charge >= 0.3 is 29.6 Å². The maximum absolute atomic E-state index is 11.1. The normalized spacial score (nSPS) is 11.1. The number of hydrogen-bond donors (Lipinski definition) is 0. The second kappa shape index (κ2) is 14.2. The van der Waals surface area contributed by atoms with E-state index in [4.69, 9.17) is 10.5 Å². The Labute approximate surface area is 231 Å². The number of hydrogen-bond acceptors (Lipinski definition) is 10. The van der Waals surface area contributed by atoms with Crippen molar-refractivity contribution in [3.63, 3.8) is 0 Å². The molecule has 3 aromatic rings. The summed E-state index contributed by atoms with van der Waals surface area (Å²) >= 11 is 0. The van der Waals surface area contributed by atoms with Crippen molar-refractivity contribution in [3.05, 3.63) is 72.8 Å². The molecule has 12 heteroatoms. The van der Waals surface area contributed by atoms with Gasteiger partial charge in [-0.05, 0) is 66.7 Å². The summed E-state index contributed by atoms with van der Waals surface area (Å²) in [5.41, 5.74) is 2.90. The van der Waals surface area contributed by atoms with Crippen molar-refractivity contribution in [3.8, 4) is 12.1 Å². The van der Waals surface area contributed by atoms with E-state index >= 15 is 0 Å². The molecule has 0 N–H and O–H groups in total. The summed E-state index contributed by atoms with van der Waals surface area (Å²) in [6.07, 6.45) is 0.744. The third-order valence-corrected chi connectivity index (χ3v) is 5.55. The van der Waals surface area contributed by atoms with Gasteiger partial charge in [0.15, 0.2) is 0 Å². The topological polar surface area (TPSA) is 157 Å². The van der Waals surface area contributed by atoms with Gasteiger partial charge < -0.3 is 9.45 Å². The number of nitriles is 2. The van der Waals surface area contributed by atoms with E-state index in [9.17, 15) is 13.0 Å². The monoisotopic (exact) mass is 509 g/mol. The summed E-state index contributed by atoms with van der Waals surface area (Å²) in [6, 6.07) is 23.7. The van der Waals surface area contributed by atoms with Gasteiger partial charge in [0.25, 0.3) is 0 Å². The van der Waals surface area contributed by atoms with E-state index in [1.807, 2.05) is 29.2 Å². The van der Waals surface area contributed by atoms with Crippen LogP contribution in [0.5, 0.6) is 0 Å². The molecule has 0 amide bonds. The number of benzene rings is 3. The molecule has 0 aliphatic rings. The molecule has 36 heavy (non-hydrogen) atoms. The van der Waals surface area contributed by atoms with Gasteiger partial charge in [-0.3, -0.25) is 0 Å². The van der Waals surface area contributed by atoms with Crippen molar-refractivity contribution in [2.24, 2.45) is 20.5 Å². The second-order valence-electron chi connectivity index (χ2n) is 7.19. The fourth-order valence-electron chi connectivity index (χ4n) is 2.99. The minimum atomic E-state index is -4.56. The quantitative estimate of drug-likeness (QED) is 0.232. The molecule has 0 fully saturated rings. The summed E-state index contributed by atoms with van der Waals surface area (Å²) in [6.45, 7) is 1.10. The molecule has 0 atom stereocenters. The Morgan fingerprint density at radius 3 is 1.61 bits per heavy atom. The van der Waals surface area contributed by atoms with Crippen molar-refractivity contribution in [1.82, 2.24) is 0 Å². The van der Waals surface area contributed by atoms with E-state index in [1.54, 1.807) is 24.3 Å². The Morgan fingerprint density at radius 2 is 1.17 bits per heavy atom. The number of nitrogens with zero attached hydrogens (tertiary/aromatic N) is 7. The molecule has 0 aromatic heterocycles. The van der Waals surface area contributed by atoms with Crippen LogP contribution >= 0.6 is 0 Å². The third-order valence-electron chi connectivity index (χ3n) is 4.72. The Bertz CT molecular complexity index is 1380. The first-order chi connectivity index (χ1) is 16.9. The van der Waals surface area contributed by atoms with Gasteiger partial charge in [0.2, 0.25) is 0 Å². The van der Waals surface area contributed by atoms with Crippen LogP contribution in [0.1, 0.15) is 12.8 Å². The van der Waals surface area contributed by atoms with E-state index in [0.717, 1.165) is 11.8 Å². The summed E-state index contributed by atoms with van der Waals surface area (Å²) in [5, 5.41) is 34.1. The zero-order valence-corrected chi connectivity index (χ0v) is 22.3. The zero-order valence-electron chi connectivity index (χ0n) is 19.5. The van der Waals surface area contributed by atoms with Gasteiger partial charge in [-0.15, -0.1) is 0 Å². The summed E-state index contributed by atoms with van der Waals surface area (Å²) < 4.78 is 33.3. The first-order valence-electron chi connectivity index (χ1n) is 10.5. The van der Waals surface area contributed by atoms with Crippen molar-refractivity contribution in [1.29, 1.82) is 10.5 Å². The molecule has 0 spiro atoms. The van der Waals surface area contributed by atoms with E-state index in [-0.39, 0.29) is 40.1 Å². The summed E-state index contributed by atoms with van der Waals surface area (Å²) in [4.78, 5) is 1.62. The minimum Gasteiger partial charge on any atom is -0.744 e. The van der Waals surface area contributed by atoms with Crippen LogP contribution in [0.25, 0.3) is 0 Å². The molecule has 3 rings (SSSR count). The predicted molar refractivity (Wildman–Crippen MR) is 128 cm³/mol. The first-order valence-corrected chi connectivity index (χ1v) is 11.9. The van der Waals surface area contributed by atoms with E-state index in [0.29, 0.717) is 43.0 Å². The minimum absolute atomic E-state index is 0. The average Bonchev–Trinajstić information content (AvgIpc) is 2.87. The molecule has 0 bridgehead atoms. The molecule has 0 saturated heterocycles. The van der Waals surface area contributed by atoms with Crippen LogP contribution in [0.2, 0.25) is 0 Å². The Balaban J connectivity index is 0.00000456. The Kier molecular flexibility index (Phi) is 11.3. The van der Waals surface area contributed by atoms with E-state index < -0.39 is 10.1 Å². The van der Waals surface area contributed by atoms with Gasteiger partial charge in [0.05, 0.1) is 52.6 Å². The molecular weight excluding hydrogens is 489 g/mol. The van der Waals surface area contributed by atoms with Crippen molar-refractivity contribution < 1.29 is 42.5 Å². The molecule has 176 valence electrons. The standard InChI is InChI=1S/C24H21N7O3S.Na/c25-14-2-16-31(17-3-15-26)23-12-10-21(11-13-23)28-27-19-6-8-20(9-7-19)29-30-22-4-1-5-24(18-22)35(32,33)34;/h1,4-13,18H,2-3,16-17H2,(H,32,33,34);/q;+1/p-1. The molecule has 3 aromatic carbocycles. The fourth-order valence-corrected chi connectivity index (χ4v) is 3.50. The SMILES string of the molecule is N#CCCN(CCC#N)c1ccc(N=Nc2ccc(N=Nc3cccc(S(=O)(=O)[O-])c3)cc2)cc1.[Na+]. The van der Waals surface area contributed by atoms with Crippen LogP contribution in [0.3, 0.4) is 0 Å². The maximum atomic E-state index is 11.1. The van der Waals surface area contributed by atoms with Crippen molar-refractivity contribution in [2.75, 3.05) is 18.0 Å². The number of rotatable bonds is 10. The Morgan fingerprint density at radius 1 is 0.722 bits per heavy atom. The molecular formula is C24H20N7NaO3S. The number of anilines is 1. The summed E-state index contributed by atoms with van der Waals surface area (Å²) in [5.74, 6) is 0. The first kappa shape index (κ1) is 28.8. The third kappa shape index (κ3) is 8.96. The summed E-state index contributed by atoms with van der Waals surface area (Å²) in [7, 11) is -4.56. The van der Waals surface area contributed by atoms with Crippen molar-refractivity contribution in [2.45, 2.75) is 17.7 Å². The second-order valence-corrected chi connectivity index (χ2v) is 8.57. The molecule has 0 saturated carbocycles. The predicted octanol–water partition coefficient (Wildman–Crippen LogP) is 3.06. The molecule has 0 heterocycles. The fraction of sp³-hybridized carbons (Fsp3) is 0.167. The van der Waals surface area contributed by atoms with E-state index in [2.05, 4.69) is 32.6 Å². The van der Waals surface area contributed by atoms with Gasteiger partial charge in [-0.2, -0.15) is 31.0 Å². The largest absolute Gasteiger partial charge is 1.00 e.